The summed E-state index contributed by atoms with van der Waals surface area (Å²) in [5, 5.41) is 19.9. The van der Waals surface area contributed by atoms with Gasteiger partial charge in [0.15, 0.2) is 0 Å². The highest BCUT2D eigenvalue weighted by molar-refractivity contribution is 6.31. The van der Waals surface area contributed by atoms with Crippen molar-refractivity contribution in [3.63, 3.8) is 0 Å². The van der Waals surface area contributed by atoms with Crippen LogP contribution in [0.3, 0.4) is 0 Å². The molecule has 0 fully saturated rings. The van der Waals surface area contributed by atoms with Crippen LogP contribution in [-0.4, -0.2) is 22.2 Å². The number of aryl methyl sites for hydroxylation is 1. The maximum Gasteiger partial charge on any atom is 0.106 e. The molecule has 4 N–H and O–H groups in total. The predicted molar refractivity (Wildman–Crippen MR) is 66.9 cm³/mol. The fourth-order valence-electron chi connectivity index (χ4n) is 1.42. The SMILES string of the molecule is Cc1cc(C(O)C(O)CCCl)c(Cl)cc1N. The molecule has 0 spiro atoms. The Labute approximate surface area is 105 Å². The van der Waals surface area contributed by atoms with Gasteiger partial charge in [-0.05, 0) is 31.0 Å². The zero-order valence-electron chi connectivity index (χ0n) is 8.95. The second-order valence-corrected chi connectivity index (χ2v) is 4.51. The number of nitrogen functional groups attached to an aromatic ring is 1. The van der Waals surface area contributed by atoms with Crippen LogP contribution in [0.1, 0.15) is 23.7 Å². The van der Waals surface area contributed by atoms with Gasteiger partial charge in [0.1, 0.15) is 6.10 Å². The van der Waals surface area contributed by atoms with E-state index in [0.29, 0.717) is 22.7 Å². The summed E-state index contributed by atoms with van der Waals surface area (Å²) in [6, 6.07) is 3.25. The van der Waals surface area contributed by atoms with E-state index in [2.05, 4.69) is 0 Å². The molecule has 2 atom stereocenters. The largest absolute Gasteiger partial charge is 0.398 e. The number of nitrogens with two attached hydrogens (primary N) is 1. The lowest BCUT2D eigenvalue weighted by Crippen LogP contribution is -2.19. The quantitative estimate of drug-likeness (QED) is 0.577. The molecule has 5 heteroatoms. The van der Waals surface area contributed by atoms with E-state index in [9.17, 15) is 10.2 Å². The minimum Gasteiger partial charge on any atom is -0.398 e. The summed E-state index contributed by atoms with van der Waals surface area (Å²) in [4.78, 5) is 0. The molecule has 3 nitrogen and oxygen atoms in total. The van der Waals surface area contributed by atoms with E-state index < -0.39 is 12.2 Å². The minimum atomic E-state index is -1.04. The summed E-state index contributed by atoms with van der Waals surface area (Å²) in [7, 11) is 0. The summed E-state index contributed by atoms with van der Waals surface area (Å²) >= 11 is 11.5. The standard InChI is InChI=1S/C11H15Cl2NO2/c1-6-4-7(8(13)5-9(6)14)11(16)10(15)2-3-12/h4-5,10-11,15-16H,2-3,14H2,1H3. The monoisotopic (exact) mass is 263 g/mol. The molecule has 2 unspecified atom stereocenters. The zero-order chi connectivity index (χ0) is 12.3. The number of halogens is 2. The second kappa shape index (κ2) is 5.73. The molecule has 0 saturated heterocycles. The molecule has 0 saturated carbocycles. The van der Waals surface area contributed by atoms with Crippen LogP contribution in [0, 0.1) is 6.92 Å². The van der Waals surface area contributed by atoms with Crippen molar-refractivity contribution in [2.45, 2.75) is 25.6 Å². The summed E-state index contributed by atoms with van der Waals surface area (Å²) in [5.74, 6) is 0.282. The second-order valence-electron chi connectivity index (χ2n) is 3.72. The van der Waals surface area contributed by atoms with Gasteiger partial charge in [0.2, 0.25) is 0 Å². The number of rotatable bonds is 4. The number of aliphatic hydroxyl groups excluding tert-OH is 2. The van der Waals surface area contributed by atoms with Crippen molar-refractivity contribution < 1.29 is 10.2 Å². The Hall–Kier alpha value is -0.480. The fraction of sp³-hybridized carbons (Fsp3) is 0.455. The van der Waals surface area contributed by atoms with Crippen LogP contribution in [0.5, 0.6) is 0 Å². The van der Waals surface area contributed by atoms with Crippen molar-refractivity contribution in [3.8, 4) is 0 Å². The summed E-state index contributed by atoms with van der Waals surface area (Å²) < 4.78 is 0. The highest BCUT2D eigenvalue weighted by Gasteiger charge is 2.20. The van der Waals surface area contributed by atoms with Crippen molar-refractivity contribution in [3.05, 3.63) is 28.3 Å². The average molecular weight is 264 g/mol. The molecule has 0 aromatic heterocycles. The first kappa shape index (κ1) is 13.6. The smallest absolute Gasteiger partial charge is 0.106 e. The van der Waals surface area contributed by atoms with Gasteiger partial charge < -0.3 is 15.9 Å². The summed E-state index contributed by atoms with van der Waals surface area (Å²) in [6.45, 7) is 1.82. The van der Waals surface area contributed by atoms with E-state index in [-0.39, 0.29) is 5.88 Å². The van der Waals surface area contributed by atoms with Crippen molar-refractivity contribution in [1.82, 2.24) is 0 Å². The molecule has 0 radical (unpaired) electrons. The Kier molecular flexibility index (Phi) is 4.87. The van der Waals surface area contributed by atoms with Gasteiger partial charge in [-0.2, -0.15) is 0 Å². The molecule has 0 amide bonds. The van der Waals surface area contributed by atoms with Crippen LogP contribution < -0.4 is 5.73 Å². The number of anilines is 1. The van der Waals surface area contributed by atoms with Crippen LogP contribution in [-0.2, 0) is 0 Å². The van der Waals surface area contributed by atoms with Crippen molar-refractivity contribution >= 4 is 28.9 Å². The fourth-order valence-corrected chi connectivity index (χ4v) is 1.93. The Morgan fingerprint density at radius 2 is 2.00 bits per heavy atom. The Morgan fingerprint density at radius 1 is 1.38 bits per heavy atom. The molecule has 1 rings (SSSR count). The Bertz CT molecular complexity index is 371. The van der Waals surface area contributed by atoms with Crippen molar-refractivity contribution in [1.29, 1.82) is 0 Å². The van der Waals surface area contributed by atoms with E-state index in [4.69, 9.17) is 28.9 Å². The molecule has 0 aliphatic heterocycles. The predicted octanol–water partition coefficient (Wildman–Crippen LogP) is 2.25. The van der Waals surface area contributed by atoms with Gasteiger partial charge in [0, 0.05) is 22.2 Å². The number of hydrogen-bond acceptors (Lipinski definition) is 3. The first-order valence-electron chi connectivity index (χ1n) is 4.95. The van der Waals surface area contributed by atoms with Gasteiger partial charge in [-0.3, -0.25) is 0 Å². The van der Waals surface area contributed by atoms with Crippen LogP contribution in [0.4, 0.5) is 5.69 Å². The summed E-state index contributed by atoms with van der Waals surface area (Å²) in [5.41, 5.74) is 7.53. The van der Waals surface area contributed by atoms with E-state index in [0.717, 1.165) is 5.56 Å². The highest BCUT2D eigenvalue weighted by Crippen LogP contribution is 2.30. The van der Waals surface area contributed by atoms with Crippen molar-refractivity contribution in [2.24, 2.45) is 0 Å². The van der Waals surface area contributed by atoms with Crippen LogP contribution in [0.15, 0.2) is 12.1 Å². The van der Waals surface area contributed by atoms with Gasteiger partial charge >= 0.3 is 0 Å². The van der Waals surface area contributed by atoms with E-state index in [1.807, 2.05) is 6.92 Å². The van der Waals surface area contributed by atoms with Crippen molar-refractivity contribution in [2.75, 3.05) is 11.6 Å². The van der Waals surface area contributed by atoms with Crippen LogP contribution >= 0.6 is 23.2 Å². The number of alkyl halides is 1. The van der Waals surface area contributed by atoms with E-state index >= 15 is 0 Å². The molecule has 0 heterocycles. The number of hydrogen-bond donors (Lipinski definition) is 3. The highest BCUT2D eigenvalue weighted by atomic mass is 35.5. The van der Waals surface area contributed by atoms with E-state index in [1.54, 1.807) is 12.1 Å². The lowest BCUT2D eigenvalue weighted by atomic mass is 10.00. The number of benzene rings is 1. The molecule has 90 valence electrons. The average Bonchev–Trinajstić information content (AvgIpc) is 2.23. The summed E-state index contributed by atoms with van der Waals surface area (Å²) in [6.07, 6.45) is -1.65. The first-order chi connectivity index (χ1) is 7.47. The molecule has 0 aliphatic carbocycles. The zero-order valence-corrected chi connectivity index (χ0v) is 10.5. The molecule has 1 aromatic carbocycles. The maximum absolute atomic E-state index is 9.88. The minimum absolute atomic E-state index is 0.282. The lowest BCUT2D eigenvalue weighted by Gasteiger charge is -2.19. The third kappa shape index (κ3) is 3.01. The Balaban J connectivity index is 2.99. The Morgan fingerprint density at radius 3 is 2.56 bits per heavy atom. The first-order valence-corrected chi connectivity index (χ1v) is 5.86. The van der Waals surface area contributed by atoms with Gasteiger partial charge in [-0.15, -0.1) is 11.6 Å². The third-order valence-electron chi connectivity index (χ3n) is 2.47. The topological polar surface area (TPSA) is 66.5 Å². The normalized spacial score (nSPS) is 14.8. The third-order valence-corrected chi connectivity index (χ3v) is 3.02. The molecule has 0 bridgehead atoms. The van der Waals surface area contributed by atoms with Crippen LogP contribution in [0.25, 0.3) is 0 Å². The molecule has 0 aliphatic rings. The maximum atomic E-state index is 9.88. The molecular weight excluding hydrogens is 249 g/mol. The molecule has 1 aromatic rings. The van der Waals surface area contributed by atoms with Gasteiger partial charge in [-0.25, -0.2) is 0 Å². The molecule has 16 heavy (non-hydrogen) atoms. The number of aliphatic hydroxyl groups is 2. The molecular formula is C11H15Cl2NO2. The lowest BCUT2D eigenvalue weighted by molar-refractivity contribution is 0.0170. The van der Waals surface area contributed by atoms with Crippen LogP contribution in [0.2, 0.25) is 5.02 Å². The van der Waals surface area contributed by atoms with Gasteiger partial charge in [0.25, 0.3) is 0 Å². The van der Waals surface area contributed by atoms with E-state index in [1.165, 1.54) is 0 Å². The van der Waals surface area contributed by atoms with Gasteiger partial charge in [0.05, 0.1) is 6.10 Å². The van der Waals surface area contributed by atoms with Gasteiger partial charge in [-0.1, -0.05) is 11.6 Å².